The molecular weight excluding hydrogens is 250 g/mol. The second-order valence-electron chi connectivity index (χ2n) is 4.87. The van der Waals surface area contributed by atoms with Gasteiger partial charge in [0.15, 0.2) is 0 Å². The van der Waals surface area contributed by atoms with Crippen molar-refractivity contribution in [2.75, 3.05) is 19.8 Å². The van der Waals surface area contributed by atoms with Crippen molar-refractivity contribution in [2.24, 2.45) is 0 Å². The Labute approximate surface area is 120 Å². The fourth-order valence-electron chi connectivity index (χ4n) is 2.26. The van der Waals surface area contributed by atoms with E-state index in [9.17, 15) is 0 Å². The lowest BCUT2D eigenvalue weighted by atomic mass is 10.0. The van der Waals surface area contributed by atoms with Crippen molar-refractivity contribution in [1.82, 2.24) is 5.32 Å². The molecule has 2 aromatic rings. The third-order valence-electron chi connectivity index (χ3n) is 3.27. The van der Waals surface area contributed by atoms with Crippen molar-refractivity contribution in [3.63, 3.8) is 0 Å². The van der Waals surface area contributed by atoms with Crippen LogP contribution in [0.3, 0.4) is 0 Å². The van der Waals surface area contributed by atoms with Crippen LogP contribution < -0.4 is 10.1 Å². The molecule has 0 aliphatic heterocycles. The first-order chi connectivity index (χ1) is 9.86. The molecule has 2 aromatic carbocycles. The first-order valence-corrected chi connectivity index (χ1v) is 7.31. The van der Waals surface area contributed by atoms with Gasteiger partial charge in [-0.05, 0) is 36.2 Å². The molecule has 0 atom stereocenters. The molecule has 0 amide bonds. The minimum atomic E-state index is 0.224. The summed E-state index contributed by atoms with van der Waals surface area (Å²) in [5, 5.41) is 14.7. The maximum Gasteiger partial charge on any atom is 0.124 e. The van der Waals surface area contributed by atoms with Crippen molar-refractivity contribution in [2.45, 2.75) is 26.3 Å². The van der Waals surface area contributed by atoms with E-state index >= 15 is 0 Å². The number of hydrogen-bond acceptors (Lipinski definition) is 3. The van der Waals surface area contributed by atoms with E-state index in [-0.39, 0.29) is 6.61 Å². The molecule has 3 nitrogen and oxygen atoms in total. The Bertz CT molecular complexity index is 540. The zero-order chi connectivity index (χ0) is 14.2. The molecule has 0 unspecified atom stereocenters. The Balaban J connectivity index is 2.24. The van der Waals surface area contributed by atoms with Gasteiger partial charge in [0, 0.05) is 18.7 Å². The van der Waals surface area contributed by atoms with Crippen LogP contribution in [0.1, 0.15) is 25.3 Å². The molecule has 0 radical (unpaired) electrons. The lowest BCUT2D eigenvalue weighted by Crippen LogP contribution is -2.16. The second kappa shape index (κ2) is 7.88. The van der Waals surface area contributed by atoms with Gasteiger partial charge in [0.05, 0.1) is 6.61 Å². The van der Waals surface area contributed by atoms with E-state index < -0.39 is 0 Å². The SMILES string of the molecule is CCCOc1ccc2ccccc2c1CNCCCO. The molecule has 0 saturated heterocycles. The second-order valence-corrected chi connectivity index (χ2v) is 4.87. The van der Waals surface area contributed by atoms with Gasteiger partial charge >= 0.3 is 0 Å². The summed E-state index contributed by atoms with van der Waals surface area (Å²) < 4.78 is 5.86. The van der Waals surface area contributed by atoms with E-state index in [4.69, 9.17) is 9.84 Å². The van der Waals surface area contributed by atoms with Crippen molar-refractivity contribution in [1.29, 1.82) is 0 Å². The fraction of sp³-hybridized carbons (Fsp3) is 0.412. The summed E-state index contributed by atoms with van der Waals surface area (Å²) in [5.74, 6) is 0.960. The normalized spacial score (nSPS) is 10.9. The maximum absolute atomic E-state index is 8.84. The van der Waals surface area contributed by atoms with Crippen LogP contribution in [0.5, 0.6) is 5.75 Å². The molecule has 0 heterocycles. The van der Waals surface area contributed by atoms with Crippen LogP contribution in [-0.2, 0) is 6.54 Å². The molecule has 0 aliphatic carbocycles. The fourth-order valence-corrected chi connectivity index (χ4v) is 2.26. The third-order valence-corrected chi connectivity index (χ3v) is 3.27. The summed E-state index contributed by atoms with van der Waals surface area (Å²) in [4.78, 5) is 0. The number of fused-ring (bicyclic) bond motifs is 1. The molecule has 108 valence electrons. The van der Waals surface area contributed by atoms with Gasteiger partial charge in [0.25, 0.3) is 0 Å². The Morgan fingerprint density at radius 3 is 2.80 bits per heavy atom. The number of nitrogens with one attached hydrogen (secondary N) is 1. The molecule has 0 fully saturated rings. The van der Waals surface area contributed by atoms with E-state index in [0.29, 0.717) is 0 Å². The van der Waals surface area contributed by atoms with Gasteiger partial charge in [-0.3, -0.25) is 0 Å². The number of hydrogen-bond donors (Lipinski definition) is 2. The lowest BCUT2D eigenvalue weighted by Gasteiger charge is -2.14. The van der Waals surface area contributed by atoms with E-state index in [2.05, 4.69) is 48.6 Å². The largest absolute Gasteiger partial charge is 0.493 e. The molecule has 2 N–H and O–H groups in total. The number of ether oxygens (including phenoxy) is 1. The van der Waals surface area contributed by atoms with E-state index in [1.54, 1.807) is 0 Å². The van der Waals surface area contributed by atoms with Gasteiger partial charge < -0.3 is 15.2 Å². The van der Waals surface area contributed by atoms with Crippen LogP contribution in [0.4, 0.5) is 0 Å². The first-order valence-electron chi connectivity index (χ1n) is 7.31. The van der Waals surface area contributed by atoms with Gasteiger partial charge in [-0.1, -0.05) is 37.3 Å². The molecule has 3 heteroatoms. The van der Waals surface area contributed by atoms with Gasteiger partial charge in [0.1, 0.15) is 5.75 Å². The third kappa shape index (κ3) is 3.71. The molecule has 2 rings (SSSR count). The van der Waals surface area contributed by atoms with Gasteiger partial charge in [-0.15, -0.1) is 0 Å². The maximum atomic E-state index is 8.84. The smallest absolute Gasteiger partial charge is 0.124 e. The summed E-state index contributed by atoms with van der Waals surface area (Å²) >= 11 is 0. The topological polar surface area (TPSA) is 41.5 Å². The van der Waals surface area contributed by atoms with E-state index in [1.165, 1.54) is 16.3 Å². The Morgan fingerprint density at radius 2 is 2.00 bits per heavy atom. The highest BCUT2D eigenvalue weighted by atomic mass is 16.5. The predicted octanol–water partition coefficient (Wildman–Crippen LogP) is 3.10. The van der Waals surface area contributed by atoms with Crippen LogP contribution in [0, 0.1) is 0 Å². The van der Waals surface area contributed by atoms with Crippen LogP contribution in [0.15, 0.2) is 36.4 Å². The van der Waals surface area contributed by atoms with Crippen molar-refractivity contribution in [3.05, 3.63) is 42.0 Å². The molecule has 0 aromatic heterocycles. The first kappa shape index (κ1) is 14.8. The number of aliphatic hydroxyl groups excluding tert-OH is 1. The van der Waals surface area contributed by atoms with Crippen LogP contribution in [0.2, 0.25) is 0 Å². The zero-order valence-electron chi connectivity index (χ0n) is 12.1. The molecule has 0 spiro atoms. The van der Waals surface area contributed by atoms with Crippen molar-refractivity contribution < 1.29 is 9.84 Å². The monoisotopic (exact) mass is 273 g/mol. The quantitative estimate of drug-likeness (QED) is 0.726. The molecule has 0 bridgehead atoms. The average molecular weight is 273 g/mol. The van der Waals surface area contributed by atoms with E-state index in [0.717, 1.165) is 38.3 Å². The van der Waals surface area contributed by atoms with Crippen LogP contribution >= 0.6 is 0 Å². The van der Waals surface area contributed by atoms with Gasteiger partial charge in [-0.25, -0.2) is 0 Å². The Morgan fingerprint density at radius 1 is 1.15 bits per heavy atom. The molecule has 0 saturated carbocycles. The Hall–Kier alpha value is -1.58. The zero-order valence-corrected chi connectivity index (χ0v) is 12.1. The number of rotatable bonds is 8. The van der Waals surface area contributed by atoms with E-state index in [1.807, 2.05) is 0 Å². The summed E-state index contributed by atoms with van der Waals surface area (Å²) in [5.41, 5.74) is 1.20. The summed E-state index contributed by atoms with van der Waals surface area (Å²) in [7, 11) is 0. The predicted molar refractivity (Wildman–Crippen MR) is 83.1 cm³/mol. The standard InChI is InChI=1S/C17H23NO2/c1-2-12-20-17-9-8-14-6-3-4-7-15(14)16(17)13-18-10-5-11-19/h3-4,6-9,18-19H,2,5,10-13H2,1H3. The van der Waals surface area contributed by atoms with Gasteiger partial charge in [0.2, 0.25) is 0 Å². The highest BCUT2D eigenvalue weighted by molar-refractivity contribution is 5.87. The highest BCUT2D eigenvalue weighted by Gasteiger charge is 2.08. The van der Waals surface area contributed by atoms with Crippen molar-refractivity contribution >= 4 is 10.8 Å². The molecule has 0 aliphatic rings. The Kier molecular flexibility index (Phi) is 5.84. The minimum absolute atomic E-state index is 0.224. The van der Waals surface area contributed by atoms with Crippen LogP contribution in [-0.4, -0.2) is 24.9 Å². The minimum Gasteiger partial charge on any atom is -0.493 e. The van der Waals surface area contributed by atoms with Crippen molar-refractivity contribution in [3.8, 4) is 5.75 Å². The summed E-state index contributed by atoms with van der Waals surface area (Å²) in [6.07, 6.45) is 1.78. The molecule has 20 heavy (non-hydrogen) atoms. The molecular formula is C17H23NO2. The van der Waals surface area contributed by atoms with Crippen LogP contribution in [0.25, 0.3) is 10.8 Å². The lowest BCUT2D eigenvalue weighted by molar-refractivity contribution is 0.285. The summed E-state index contributed by atoms with van der Waals surface area (Å²) in [6, 6.07) is 12.5. The summed E-state index contributed by atoms with van der Waals surface area (Å²) in [6.45, 7) is 4.65. The number of benzene rings is 2. The van der Waals surface area contributed by atoms with Gasteiger partial charge in [-0.2, -0.15) is 0 Å². The highest BCUT2D eigenvalue weighted by Crippen LogP contribution is 2.28. The number of aliphatic hydroxyl groups is 1. The average Bonchev–Trinajstić information content (AvgIpc) is 2.50.